The summed E-state index contributed by atoms with van der Waals surface area (Å²) in [4.78, 5) is 40.2. The van der Waals surface area contributed by atoms with Gasteiger partial charge in [0.25, 0.3) is 5.69 Å². The summed E-state index contributed by atoms with van der Waals surface area (Å²) < 4.78 is 5.17. The van der Waals surface area contributed by atoms with Gasteiger partial charge in [-0.2, -0.15) is 5.26 Å². The van der Waals surface area contributed by atoms with E-state index in [0.717, 1.165) is 5.56 Å². The Bertz CT molecular complexity index is 1430. The molecule has 0 spiro atoms. The number of nitrogens with zero attached hydrogens (tertiary/aromatic N) is 3. The van der Waals surface area contributed by atoms with Crippen LogP contribution in [0.4, 0.5) is 11.4 Å². The van der Waals surface area contributed by atoms with Gasteiger partial charge >= 0.3 is 5.97 Å². The Kier molecular flexibility index (Phi) is 5.61. The Labute approximate surface area is 207 Å². The van der Waals surface area contributed by atoms with Crippen LogP contribution in [-0.4, -0.2) is 35.9 Å². The number of carbonyl (C=O) groups excluding carboxylic acids is 2. The molecular weight excluding hydrogens is 458 g/mol. The maximum atomic E-state index is 14.1. The van der Waals surface area contributed by atoms with Gasteiger partial charge in [-0.15, -0.1) is 0 Å². The molecule has 2 heterocycles. The first-order valence-corrected chi connectivity index (χ1v) is 11.3. The lowest BCUT2D eigenvalue weighted by Gasteiger charge is -2.36. The van der Waals surface area contributed by atoms with Gasteiger partial charge < -0.3 is 9.64 Å². The van der Waals surface area contributed by atoms with Crippen LogP contribution in [0.1, 0.15) is 27.4 Å². The van der Waals surface area contributed by atoms with Gasteiger partial charge in [0, 0.05) is 29.3 Å². The third kappa shape index (κ3) is 3.28. The Balaban J connectivity index is 1.80. The van der Waals surface area contributed by atoms with Crippen molar-refractivity contribution in [3.05, 3.63) is 112 Å². The third-order valence-corrected chi connectivity index (χ3v) is 7.04. The number of methoxy groups -OCH3 is 1. The molecule has 1 saturated heterocycles. The summed E-state index contributed by atoms with van der Waals surface area (Å²) in [5, 5.41) is 21.9. The molecule has 0 N–H and O–H groups in total. The molecule has 0 unspecified atom stereocenters. The van der Waals surface area contributed by atoms with Gasteiger partial charge in [-0.3, -0.25) is 19.7 Å². The fraction of sp³-hybridized carbons (Fsp3) is 0.179. The smallest absolute Gasteiger partial charge is 0.329 e. The lowest BCUT2D eigenvalue weighted by Crippen LogP contribution is -2.46. The van der Waals surface area contributed by atoms with Crippen LogP contribution in [-0.2, 0) is 9.53 Å². The summed E-state index contributed by atoms with van der Waals surface area (Å²) in [5.74, 6) is -2.00. The molecule has 5 rings (SSSR count). The first-order chi connectivity index (χ1) is 17.4. The van der Waals surface area contributed by atoms with Crippen molar-refractivity contribution in [3.8, 4) is 6.07 Å². The molecule has 8 nitrogen and oxygen atoms in total. The van der Waals surface area contributed by atoms with Crippen molar-refractivity contribution in [1.29, 1.82) is 5.26 Å². The minimum absolute atomic E-state index is 0.133. The van der Waals surface area contributed by atoms with Crippen LogP contribution in [0.25, 0.3) is 6.08 Å². The number of nitro groups is 1. The van der Waals surface area contributed by atoms with E-state index in [-0.39, 0.29) is 11.5 Å². The molecule has 0 aliphatic carbocycles. The number of nitro benzene ring substituents is 1. The zero-order valence-corrected chi connectivity index (χ0v) is 19.3. The second-order valence-corrected chi connectivity index (χ2v) is 8.74. The third-order valence-electron chi connectivity index (χ3n) is 7.04. The number of esters is 1. The normalized spacial score (nSPS) is 23.8. The first-order valence-electron chi connectivity index (χ1n) is 11.3. The minimum Gasteiger partial charge on any atom is -0.468 e. The number of benzene rings is 3. The highest BCUT2D eigenvalue weighted by atomic mass is 16.6. The van der Waals surface area contributed by atoms with Crippen molar-refractivity contribution in [1.82, 2.24) is 0 Å². The second-order valence-electron chi connectivity index (χ2n) is 8.74. The average Bonchev–Trinajstić information content (AvgIpc) is 3.24. The topological polar surface area (TPSA) is 114 Å². The van der Waals surface area contributed by atoms with E-state index >= 15 is 0 Å². The van der Waals surface area contributed by atoms with Crippen molar-refractivity contribution < 1.29 is 19.2 Å². The predicted octanol–water partition coefficient (Wildman–Crippen LogP) is 4.53. The van der Waals surface area contributed by atoms with E-state index < -0.39 is 34.3 Å². The number of ether oxygens (including phenoxy) is 1. The van der Waals surface area contributed by atoms with Crippen LogP contribution in [0.15, 0.2) is 84.9 Å². The highest BCUT2D eigenvalue weighted by molar-refractivity contribution is 6.06. The maximum Gasteiger partial charge on any atom is 0.329 e. The molecule has 0 aromatic heterocycles. The lowest BCUT2D eigenvalue weighted by molar-refractivity contribution is -0.384. The van der Waals surface area contributed by atoms with E-state index in [1.165, 1.54) is 31.4 Å². The Morgan fingerprint density at radius 2 is 1.69 bits per heavy atom. The van der Waals surface area contributed by atoms with Gasteiger partial charge in [-0.25, -0.2) is 0 Å². The van der Waals surface area contributed by atoms with Gasteiger partial charge in [0.1, 0.15) is 6.04 Å². The number of nitriles is 1. The number of anilines is 1. The standard InChI is InChI=1S/C28H21N3O5/c1-36-27(33)28(17-29)23-16-13-18-7-5-6-10-22(18)30(23)25(26(32)20-8-3-2-4-9-20)24(28)19-11-14-21(15-12-19)31(34)35/h2-16,23-25H,1H3/t23-,24-,25-,28+/m1/s1. The van der Waals surface area contributed by atoms with Crippen LogP contribution in [0.5, 0.6) is 0 Å². The highest BCUT2D eigenvalue weighted by Gasteiger charge is 2.67. The summed E-state index contributed by atoms with van der Waals surface area (Å²) in [7, 11) is 1.21. The SMILES string of the molecule is COC(=O)[C@]1(C#N)[C@H](c2ccc([N+](=O)[O-])cc2)[C@H](C(=O)c2ccccc2)N2c3ccccc3C=C[C@@H]21. The molecule has 36 heavy (non-hydrogen) atoms. The molecule has 0 saturated carbocycles. The summed E-state index contributed by atoms with van der Waals surface area (Å²) >= 11 is 0. The second kappa shape index (κ2) is 8.78. The number of non-ortho nitro benzene ring substituents is 1. The first kappa shape index (κ1) is 23.0. The van der Waals surface area contributed by atoms with Crippen LogP contribution < -0.4 is 4.90 Å². The number of hydrogen-bond acceptors (Lipinski definition) is 7. The summed E-state index contributed by atoms with van der Waals surface area (Å²) in [6, 6.07) is 22.3. The largest absolute Gasteiger partial charge is 0.468 e. The van der Waals surface area contributed by atoms with Crippen molar-refractivity contribution >= 4 is 29.2 Å². The van der Waals surface area contributed by atoms with Crippen LogP contribution >= 0.6 is 0 Å². The maximum absolute atomic E-state index is 14.1. The van der Waals surface area contributed by atoms with Gasteiger partial charge in [0.15, 0.2) is 11.2 Å². The zero-order valence-electron chi connectivity index (χ0n) is 19.3. The van der Waals surface area contributed by atoms with Gasteiger partial charge in [0.2, 0.25) is 0 Å². The molecule has 2 aliphatic heterocycles. The van der Waals surface area contributed by atoms with Crippen LogP contribution in [0, 0.1) is 26.9 Å². The van der Waals surface area contributed by atoms with Crippen molar-refractivity contribution in [2.75, 3.05) is 12.0 Å². The molecule has 3 aromatic rings. The van der Waals surface area contributed by atoms with Crippen LogP contribution in [0.2, 0.25) is 0 Å². The number of Topliss-reactive ketones (excluding diaryl/α,β-unsaturated/α-hetero) is 1. The van der Waals surface area contributed by atoms with E-state index in [4.69, 9.17) is 4.74 Å². The molecular formula is C28H21N3O5. The van der Waals surface area contributed by atoms with Gasteiger partial charge in [0.05, 0.1) is 24.1 Å². The number of carbonyl (C=O) groups is 2. The van der Waals surface area contributed by atoms with E-state index in [1.54, 1.807) is 36.4 Å². The number of para-hydroxylation sites is 1. The molecule has 4 atom stereocenters. The minimum atomic E-state index is -1.79. The molecule has 0 bridgehead atoms. The molecule has 3 aromatic carbocycles. The van der Waals surface area contributed by atoms with E-state index in [1.807, 2.05) is 35.2 Å². The summed E-state index contributed by atoms with van der Waals surface area (Å²) in [6.45, 7) is 0. The Morgan fingerprint density at radius 1 is 1.03 bits per heavy atom. The van der Waals surface area contributed by atoms with Crippen molar-refractivity contribution in [2.24, 2.45) is 5.41 Å². The van der Waals surface area contributed by atoms with Crippen molar-refractivity contribution in [2.45, 2.75) is 18.0 Å². The van der Waals surface area contributed by atoms with Gasteiger partial charge in [-0.05, 0) is 17.2 Å². The lowest BCUT2D eigenvalue weighted by atomic mass is 9.68. The number of fused-ring (bicyclic) bond motifs is 3. The number of rotatable bonds is 5. The molecule has 0 radical (unpaired) electrons. The van der Waals surface area contributed by atoms with Crippen molar-refractivity contribution in [3.63, 3.8) is 0 Å². The fourth-order valence-electron chi connectivity index (χ4n) is 5.49. The fourth-order valence-corrected chi connectivity index (χ4v) is 5.49. The Hall–Kier alpha value is -4.77. The summed E-state index contributed by atoms with van der Waals surface area (Å²) in [6.07, 6.45) is 3.60. The predicted molar refractivity (Wildman–Crippen MR) is 132 cm³/mol. The van der Waals surface area contributed by atoms with E-state index in [2.05, 4.69) is 6.07 Å². The number of hydrogen-bond donors (Lipinski definition) is 0. The molecule has 0 amide bonds. The molecule has 2 aliphatic rings. The van der Waals surface area contributed by atoms with E-state index in [9.17, 15) is 25.0 Å². The Morgan fingerprint density at radius 3 is 2.33 bits per heavy atom. The van der Waals surface area contributed by atoms with Crippen LogP contribution in [0.3, 0.4) is 0 Å². The quantitative estimate of drug-likeness (QED) is 0.229. The molecule has 1 fully saturated rings. The monoisotopic (exact) mass is 479 g/mol. The average molecular weight is 479 g/mol. The molecule has 8 heteroatoms. The van der Waals surface area contributed by atoms with Gasteiger partial charge in [-0.1, -0.05) is 72.8 Å². The highest BCUT2D eigenvalue weighted by Crippen LogP contribution is 2.56. The summed E-state index contributed by atoms with van der Waals surface area (Å²) in [5.41, 5.74) is 0.532. The zero-order chi connectivity index (χ0) is 25.4. The van der Waals surface area contributed by atoms with E-state index in [0.29, 0.717) is 16.8 Å². The number of ketones is 1. The molecule has 178 valence electrons.